The highest BCUT2D eigenvalue weighted by Gasteiger charge is 2.50. The fraction of sp³-hybridized carbons (Fsp3) is 0.429. The molecule has 0 aromatic carbocycles. The summed E-state index contributed by atoms with van der Waals surface area (Å²) in [5.74, 6) is 0.0128. The van der Waals surface area contributed by atoms with Crippen LogP contribution in [0, 0.1) is 18.4 Å². The van der Waals surface area contributed by atoms with E-state index in [1.807, 2.05) is 42.9 Å². The second-order valence-corrected chi connectivity index (χ2v) is 7.24. The Kier molecular flexibility index (Phi) is 3.99. The zero-order valence-corrected chi connectivity index (χ0v) is 15.7. The molecule has 0 spiro atoms. The predicted octanol–water partition coefficient (Wildman–Crippen LogP) is 3.96. The average Bonchev–Trinajstić information content (AvgIpc) is 3.04. The van der Waals surface area contributed by atoms with Crippen LogP contribution in [0.5, 0.6) is 0 Å². The van der Waals surface area contributed by atoms with Crippen molar-refractivity contribution >= 4 is 5.78 Å². The van der Waals surface area contributed by atoms with Crippen LogP contribution in [0.4, 0.5) is 0 Å². The lowest BCUT2D eigenvalue weighted by Gasteiger charge is -2.44. The third kappa shape index (κ3) is 2.33. The van der Waals surface area contributed by atoms with Gasteiger partial charge in [-0.1, -0.05) is 33.4 Å². The van der Waals surface area contributed by atoms with E-state index < -0.39 is 0 Å². The van der Waals surface area contributed by atoms with Crippen molar-refractivity contribution in [3.63, 3.8) is 0 Å². The second kappa shape index (κ2) is 6.21. The fourth-order valence-electron chi connectivity index (χ4n) is 4.64. The second-order valence-electron chi connectivity index (χ2n) is 7.24. The monoisotopic (exact) mass is 350 g/mol. The number of aromatic nitrogens is 3. The zero-order chi connectivity index (χ0) is 19.8. The topological polar surface area (TPSA) is 52.1 Å². The molecule has 2 aromatic heterocycles. The maximum absolute atomic E-state index is 12.4. The van der Waals surface area contributed by atoms with Crippen molar-refractivity contribution in [2.45, 2.75) is 39.5 Å². The molecule has 4 rings (SSSR count). The lowest BCUT2D eigenvalue weighted by Crippen LogP contribution is -2.45. The molecule has 0 fully saturated rings. The van der Waals surface area contributed by atoms with Gasteiger partial charge in [-0.25, -0.2) is 4.85 Å². The Morgan fingerprint density at radius 2 is 2.23 bits per heavy atom. The number of hydrogen-bond donors (Lipinski definition) is 0. The summed E-state index contributed by atoms with van der Waals surface area (Å²) in [7, 11) is 3.19. The van der Waals surface area contributed by atoms with Crippen molar-refractivity contribution in [3.05, 3.63) is 58.8 Å². The molecule has 0 N–H and O–H groups in total. The molecule has 2 aliphatic carbocycles. The van der Waals surface area contributed by atoms with Gasteiger partial charge in [-0.05, 0) is 30.9 Å². The van der Waals surface area contributed by atoms with E-state index in [0.29, 0.717) is 0 Å². The summed E-state index contributed by atoms with van der Waals surface area (Å²) >= 11 is 0. The van der Waals surface area contributed by atoms with Gasteiger partial charge in [0.05, 0.1) is 23.7 Å². The van der Waals surface area contributed by atoms with E-state index >= 15 is 0 Å². The molecule has 0 radical (unpaired) electrons. The van der Waals surface area contributed by atoms with Crippen LogP contribution in [0.2, 0.25) is 0 Å². The van der Waals surface area contributed by atoms with Crippen LogP contribution in [0.3, 0.4) is 0 Å². The summed E-state index contributed by atoms with van der Waals surface area (Å²) in [4.78, 5) is 20.4. The lowest BCUT2D eigenvalue weighted by atomic mass is 9.58. The fourth-order valence-corrected chi connectivity index (χ4v) is 4.64. The maximum Gasteiger partial charge on any atom is 0.226 e. The van der Waals surface area contributed by atoms with Crippen LogP contribution in [0.1, 0.15) is 40.3 Å². The molecular weight excluding hydrogens is 324 g/mol. The molecule has 5 heteroatoms. The number of rotatable bonds is 1. The molecule has 2 aromatic rings. The minimum Gasteiger partial charge on any atom is -0.308 e. The molecule has 2 heterocycles. The number of hydrogen-bond acceptors (Lipinski definition) is 3. The summed E-state index contributed by atoms with van der Waals surface area (Å²) < 4.78 is 7.65. The Labute approximate surface area is 156 Å². The van der Waals surface area contributed by atoms with Crippen LogP contribution in [0.25, 0.3) is 16.2 Å². The van der Waals surface area contributed by atoms with Gasteiger partial charge in [-0.2, -0.15) is 5.10 Å². The first-order chi connectivity index (χ1) is 13.0. The van der Waals surface area contributed by atoms with E-state index in [-0.39, 0.29) is 28.7 Å². The summed E-state index contributed by atoms with van der Waals surface area (Å²) in [5, 5.41) is 4.83. The molecule has 0 bridgehead atoms. The standard InChI is InChI=1S/C20H20N4O.CH4/c1-12-14-9-8-13-17(15-7-5-6-10-22-15)24(4)23-19(13)20(14,2)11-16(21-3)18(12)25;/h5-7,10-12,14H,8-9H2,1-2,4H3;1H4/t12-,14-,20-;/m0./s1/i;1T. The van der Waals surface area contributed by atoms with Gasteiger partial charge in [-0.15, -0.1) is 0 Å². The first kappa shape index (κ1) is 16.7. The largest absolute Gasteiger partial charge is 0.308 e. The van der Waals surface area contributed by atoms with Crippen LogP contribution < -0.4 is 0 Å². The summed E-state index contributed by atoms with van der Waals surface area (Å²) in [6.07, 6.45) is 5.46. The van der Waals surface area contributed by atoms with E-state index in [9.17, 15) is 4.79 Å². The molecule has 5 nitrogen and oxygen atoms in total. The van der Waals surface area contributed by atoms with Crippen LogP contribution >= 0.6 is 0 Å². The van der Waals surface area contributed by atoms with Crippen LogP contribution in [-0.4, -0.2) is 20.5 Å². The quantitative estimate of drug-likeness (QED) is 0.732. The number of carbonyl (C=O) groups excluding carboxylic acids is 1. The normalized spacial score (nSPS) is 27.1. The van der Waals surface area contributed by atoms with Crippen molar-refractivity contribution in [2.24, 2.45) is 18.9 Å². The number of aryl methyl sites for hydroxylation is 1. The molecule has 134 valence electrons. The molecule has 0 unspecified atom stereocenters. The van der Waals surface area contributed by atoms with Crippen molar-refractivity contribution in [1.82, 2.24) is 14.8 Å². The predicted molar refractivity (Wildman–Crippen MR) is 101 cm³/mol. The SMILES string of the molecule is [3H]C.[C-]#[N+]C1=C[C@]2(C)c3nn(C)c(-c4ccccn4)c3CC[C@H]2[C@H](C)C1=O. The van der Waals surface area contributed by atoms with Gasteiger partial charge in [0.1, 0.15) is 0 Å². The first-order valence-electron chi connectivity index (χ1n) is 9.59. The molecular formula is C21H24N4O. The Hall–Kier alpha value is -2.74. The Bertz CT molecular complexity index is 941. The maximum atomic E-state index is 12.4. The highest BCUT2D eigenvalue weighted by molar-refractivity contribution is 6.00. The zero-order valence-electron chi connectivity index (χ0n) is 16.7. The third-order valence-electron chi connectivity index (χ3n) is 5.87. The number of pyridine rings is 1. The van der Waals surface area contributed by atoms with E-state index in [1.54, 1.807) is 6.20 Å². The Morgan fingerprint density at radius 3 is 2.88 bits per heavy atom. The molecule has 3 atom stereocenters. The lowest BCUT2D eigenvalue weighted by molar-refractivity contribution is -0.121. The number of Topliss-reactive ketones (excluding diaryl/α,β-unsaturated/α-hetero) is 1. The molecule has 26 heavy (non-hydrogen) atoms. The molecule has 2 aliphatic rings. The molecule has 0 amide bonds. The van der Waals surface area contributed by atoms with Gasteiger partial charge in [0.25, 0.3) is 0 Å². The minimum absolute atomic E-state index is 0.0261. The molecule has 0 aliphatic heterocycles. The highest BCUT2D eigenvalue weighted by Crippen LogP contribution is 2.51. The summed E-state index contributed by atoms with van der Waals surface area (Å²) in [6.45, 7) is 11.5. The summed E-state index contributed by atoms with van der Waals surface area (Å²) in [5.41, 5.74) is 4.01. The van der Waals surface area contributed by atoms with Gasteiger partial charge in [0.2, 0.25) is 5.70 Å². The van der Waals surface area contributed by atoms with Gasteiger partial charge < -0.3 is 4.79 Å². The van der Waals surface area contributed by atoms with Gasteiger partial charge in [-0.3, -0.25) is 9.67 Å². The number of ketones is 1. The minimum atomic E-state index is -0.383. The molecule has 0 saturated carbocycles. The van der Waals surface area contributed by atoms with E-state index in [2.05, 4.69) is 16.8 Å². The Morgan fingerprint density at radius 1 is 1.46 bits per heavy atom. The number of fused-ring (bicyclic) bond motifs is 3. The highest BCUT2D eigenvalue weighted by atomic mass is 16.1. The average molecular weight is 350 g/mol. The summed E-state index contributed by atoms with van der Waals surface area (Å²) in [6, 6.07) is 5.88. The van der Waals surface area contributed by atoms with E-state index in [0.717, 1.165) is 29.9 Å². The van der Waals surface area contributed by atoms with E-state index in [4.69, 9.17) is 13.0 Å². The Balaban J connectivity index is 0.00000102. The number of allylic oxidation sites excluding steroid dienone is 2. The van der Waals surface area contributed by atoms with E-state index in [1.165, 1.54) is 13.0 Å². The van der Waals surface area contributed by atoms with Crippen LogP contribution in [-0.2, 0) is 23.7 Å². The third-order valence-corrected chi connectivity index (χ3v) is 5.87. The van der Waals surface area contributed by atoms with Crippen molar-refractivity contribution in [1.29, 1.82) is 0 Å². The number of nitrogens with zero attached hydrogens (tertiary/aromatic N) is 4. The van der Waals surface area contributed by atoms with Gasteiger partial charge in [0, 0.05) is 31.5 Å². The molecule has 0 saturated heterocycles. The number of carbonyl (C=O) groups is 1. The van der Waals surface area contributed by atoms with Crippen molar-refractivity contribution < 1.29 is 6.17 Å². The van der Waals surface area contributed by atoms with Gasteiger partial charge in [0.15, 0.2) is 5.78 Å². The smallest absolute Gasteiger partial charge is 0.226 e. The van der Waals surface area contributed by atoms with Crippen LogP contribution in [0.15, 0.2) is 36.2 Å². The van der Waals surface area contributed by atoms with Crippen molar-refractivity contribution in [2.75, 3.05) is 0 Å². The van der Waals surface area contributed by atoms with Gasteiger partial charge >= 0.3 is 0 Å². The first-order valence-corrected chi connectivity index (χ1v) is 8.59. The van der Waals surface area contributed by atoms with Crippen molar-refractivity contribution in [3.8, 4) is 11.4 Å².